The van der Waals surface area contributed by atoms with Gasteiger partial charge in [0.1, 0.15) is 11.6 Å². The van der Waals surface area contributed by atoms with E-state index in [9.17, 15) is 18.3 Å². The number of hydrogen-bond donors (Lipinski definition) is 3. The van der Waals surface area contributed by atoms with Gasteiger partial charge in [-0.15, -0.1) is 0 Å². The third-order valence-electron chi connectivity index (χ3n) is 7.97. The van der Waals surface area contributed by atoms with Gasteiger partial charge in [-0.05, 0) is 88.1 Å². The van der Waals surface area contributed by atoms with Crippen molar-refractivity contribution in [2.24, 2.45) is 5.41 Å². The summed E-state index contributed by atoms with van der Waals surface area (Å²) in [6.45, 7) is 5.40. The molecule has 3 N–H and O–H groups in total. The van der Waals surface area contributed by atoms with Crippen LogP contribution in [0.5, 0.6) is 0 Å². The zero-order valence-electron chi connectivity index (χ0n) is 21.1. The lowest BCUT2D eigenvalue weighted by Crippen LogP contribution is -2.38. The highest BCUT2D eigenvalue weighted by Gasteiger charge is 2.45. The van der Waals surface area contributed by atoms with Crippen molar-refractivity contribution in [1.29, 1.82) is 0 Å². The fourth-order valence-corrected chi connectivity index (χ4v) is 6.91. The van der Waals surface area contributed by atoms with E-state index >= 15 is 0 Å². The van der Waals surface area contributed by atoms with E-state index in [2.05, 4.69) is 15.5 Å². The van der Waals surface area contributed by atoms with Crippen molar-refractivity contribution in [3.8, 4) is 0 Å². The molecule has 1 aliphatic heterocycles. The minimum Gasteiger partial charge on any atom is -0.394 e. The molecule has 3 aliphatic rings. The number of carbonyl (C=O) groups excluding carboxylic acids is 1. The predicted octanol–water partition coefficient (Wildman–Crippen LogP) is 4.22. The molecule has 0 unspecified atom stereocenters. The number of benzene rings is 1. The first-order valence-corrected chi connectivity index (χ1v) is 14.5. The fraction of sp³-hybridized carbons (Fsp3) is 0.556. The molecule has 1 spiro atoms. The molecule has 1 amide bonds. The molecule has 1 saturated heterocycles. The molecular weight excluding hydrogens is 476 g/mol. The average Bonchev–Trinajstić information content (AvgIpc) is 3.56. The van der Waals surface area contributed by atoms with Crippen LogP contribution >= 0.6 is 0 Å². The van der Waals surface area contributed by atoms with E-state index in [4.69, 9.17) is 4.98 Å². The Kier molecular flexibility index (Phi) is 6.49. The summed E-state index contributed by atoms with van der Waals surface area (Å²) in [5.41, 5.74) is 0.826. The number of nitrogens with one attached hydrogen (secondary N) is 2. The zero-order chi connectivity index (χ0) is 25.6. The van der Waals surface area contributed by atoms with Crippen molar-refractivity contribution in [3.05, 3.63) is 42.0 Å². The van der Waals surface area contributed by atoms with Crippen molar-refractivity contribution >= 4 is 33.1 Å². The van der Waals surface area contributed by atoms with Crippen molar-refractivity contribution in [2.45, 2.75) is 74.5 Å². The summed E-state index contributed by atoms with van der Waals surface area (Å²) in [6, 6.07) is 10.0. The fourth-order valence-electron chi connectivity index (χ4n) is 5.01. The van der Waals surface area contributed by atoms with E-state index in [1.165, 1.54) is 12.8 Å². The maximum atomic E-state index is 13.4. The summed E-state index contributed by atoms with van der Waals surface area (Å²) in [5.74, 6) is 0.885. The predicted molar refractivity (Wildman–Crippen MR) is 141 cm³/mol. The van der Waals surface area contributed by atoms with Crippen LogP contribution in [0.2, 0.25) is 0 Å². The van der Waals surface area contributed by atoms with Crippen LogP contribution in [0, 0.1) is 5.41 Å². The molecule has 3 fully saturated rings. The molecule has 36 heavy (non-hydrogen) atoms. The molecule has 9 heteroatoms. The second-order valence-electron chi connectivity index (χ2n) is 11.3. The van der Waals surface area contributed by atoms with Crippen LogP contribution < -0.4 is 15.5 Å². The van der Waals surface area contributed by atoms with Crippen molar-refractivity contribution in [2.75, 3.05) is 35.2 Å². The van der Waals surface area contributed by atoms with Gasteiger partial charge in [0.05, 0.1) is 27.9 Å². The summed E-state index contributed by atoms with van der Waals surface area (Å²) in [7, 11) is -3.38. The van der Waals surface area contributed by atoms with Gasteiger partial charge in [-0.1, -0.05) is 12.5 Å². The summed E-state index contributed by atoms with van der Waals surface area (Å²) in [4.78, 5) is 20.7. The number of amides is 1. The van der Waals surface area contributed by atoms with E-state index in [0.717, 1.165) is 32.4 Å². The standard InChI is InChI=1S/C27H36N4O4S/c1-26(2,18-32)30-23-10-9-22(24(29-23)31-15-13-27(11-12-27)14-16-31)25(33)28-19-5-3-8-21(17-19)36(34,35)20-6-4-7-20/h3,5,8-10,17,20,32H,4,6-7,11-16,18H2,1-2H3,(H,28,33)(H,29,30). The summed E-state index contributed by atoms with van der Waals surface area (Å²) < 4.78 is 25.7. The van der Waals surface area contributed by atoms with E-state index in [1.807, 2.05) is 13.8 Å². The third kappa shape index (κ3) is 5.09. The molecule has 8 nitrogen and oxygen atoms in total. The van der Waals surface area contributed by atoms with Crippen LogP contribution in [0.15, 0.2) is 41.3 Å². The second-order valence-corrected chi connectivity index (χ2v) is 13.5. The Hall–Kier alpha value is -2.65. The van der Waals surface area contributed by atoms with Crippen molar-refractivity contribution in [3.63, 3.8) is 0 Å². The summed E-state index contributed by atoms with van der Waals surface area (Å²) >= 11 is 0. The summed E-state index contributed by atoms with van der Waals surface area (Å²) in [6.07, 6.45) is 7.08. The molecule has 2 heterocycles. The van der Waals surface area contributed by atoms with E-state index < -0.39 is 15.4 Å². The van der Waals surface area contributed by atoms with Crippen LogP contribution in [0.4, 0.5) is 17.3 Å². The normalized spacial score (nSPS) is 19.6. The Bertz CT molecular complexity index is 1240. The maximum Gasteiger partial charge on any atom is 0.259 e. The first-order chi connectivity index (χ1) is 17.1. The number of pyridine rings is 1. The highest BCUT2D eigenvalue weighted by atomic mass is 32.2. The van der Waals surface area contributed by atoms with Crippen LogP contribution in [0.3, 0.4) is 0 Å². The molecule has 1 aromatic heterocycles. The van der Waals surface area contributed by atoms with Crippen LogP contribution in [0.25, 0.3) is 0 Å². The zero-order valence-corrected chi connectivity index (χ0v) is 21.9. The van der Waals surface area contributed by atoms with Crippen LogP contribution in [0.1, 0.15) is 69.2 Å². The SMILES string of the molecule is CC(C)(CO)Nc1ccc(C(=O)Nc2cccc(S(=O)(=O)C3CCC3)c2)c(N2CCC3(CC2)CC3)n1. The number of aromatic nitrogens is 1. The second kappa shape index (κ2) is 9.34. The molecule has 2 aliphatic carbocycles. The molecule has 2 aromatic rings. The van der Waals surface area contributed by atoms with Gasteiger partial charge < -0.3 is 20.6 Å². The van der Waals surface area contributed by atoms with Crippen LogP contribution in [-0.2, 0) is 9.84 Å². The van der Waals surface area contributed by atoms with E-state index in [0.29, 0.717) is 41.1 Å². The van der Waals surface area contributed by atoms with Crippen molar-refractivity contribution in [1.82, 2.24) is 4.98 Å². The van der Waals surface area contributed by atoms with Gasteiger partial charge in [0, 0.05) is 18.8 Å². The quantitative estimate of drug-likeness (QED) is 0.485. The number of carbonyl (C=O) groups is 1. The molecule has 2 saturated carbocycles. The lowest BCUT2D eigenvalue weighted by molar-refractivity contribution is 0.102. The van der Waals surface area contributed by atoms with Gasteiger partial charge in [0.2, 0.25) is 0 Å². The topological polar surface area (TPSA) is 112 Å². The number of anilines is 3. The van der Waals surface area contributed by atoms with E-state index in [1.54, 1.807) is 36.4 Å². The Morgan fingerprint density at radius 1 is 1.14 bits per heavy atom. The lowest BCUT2D eigenvalue weighted by Gasteiger charge is -2.34. The number of piperidine rings is 1. The first-order valence-electron chi connectivity index (χ1n) is 12.9. The van der Waals surface area contributed by atoms with Gasteiger partial charge >= 0.3 is 0 Å². The highest BCUT2D eigenvalue weighted by molar-refractivity contribution is 7.92. The highest BCUT2D eigenvalue weighted by Crippen LogP contribution is 2.54. The Morgan fingerprint density at radius 2 is 1.86 bits per heavy atom. The minimum atomic E-state index is -3.38. The molecule has 5 rings (SSSR count). The molecule has 0 atom stereocenters. The first kappa shape index (κ1) is 25.0. The Labute approximate surface area is 213 Å². The number of sulfone groups is 1. The molecule has 0 bridgehead atoms. The monoisotopic (exact) mass is 512 g/mol. The summed E-state index contributed by atoms with van der Waals surface area (Å²) in [5, 5.41) is 15.5. The van der Waals surface area contributed by atoms with Gasteiger partial charge in [-0.2, -0.15) is 0 Å². The Balaban J connectivity index is 1.40. The number of aliphatic hydroxyl groups is 1. The van der Waals surface area contributed by atoms with E-state index in [-0.39, 0.29) is 22.7 Å². The van der Waals surface area contributed by atoms with Crippen LogP contribution in [-0.4, -0.2) is 54.9 Å². The van der Waals surface area contributed by atoms with Crippen molar-refractivity contribution < 1.29 is 18.3 Å². The average molecular weight is 513 g/mol. The van der Waals surface area contributed by atoms with Gasteiger partial charge in [-0.3, -0.25) is 4.79 Å². The number of aliphatic hydroxyl groups excluding tert-OH is 1. The molecule has 194 valence electrons. The van der Waals surface area contributed by atoms with Gasteiger partial charge in [0.15, 0.2) is 9.84 Å². The number of hydrogen-bond acceptors (Lipinski definition) is 7. The lowest BCUT2D eigenvalue weighted by atomic mass is 9.93. The Morgan fingerprint density at radius 3 is 2.47 bits per heavy atom. The smallest absolute Gasteiger partial charge is 0.259 e. The molecule has 1 aromatic carbocycles. The number of rotatable bonds is 8. The van der Waals surface area contributed by atoms with Gasteiger partial charge in [-0.25, -0.2) is 13.4 Å². The molecule has 0 radical (unpaired) electrons. The van der Waals surface area contributed by atoms with Gasteiger partial charge in [0.25, 0.3) is 5.91 Å². The molecular formula is C27H36N4O4S. The third-order valence-corrected chi connectivity index (χ3v) is 10.2. The maximum absolute atomic E-state index is 13.4. The minimum absolute atomic E-state index is 0.0570. The largest absolute Gasteiger partial charge is 0.394 e. The number of nitrogens with zero attached hydrogens (tertiary/aromatic N) is 2.